The van der Waals surface area contributed by atoms with Gasteiger partial charge in [0.15, 0.2) is 9.84 Å². The highest BCUT2D eigenvalue weighted by Gasteiger charge is 2.24. The zero-order valence-corrected chi connectivity index (χ0v) is 10.5. The molecule has 0 aliphatic rings. The van der Waals surface area contributed by atoms with Crippen molar-refractivity contribution in [2.45, 2.75) is 24.0 Å². The summed E-state index contributed by atoms with van der Waals surface area (Å²) in [4.78, 5) is 0.289. The minimum atomic E-state index is -3.36. The van der Waals surface area contributed by atoms with Crippen molar-refractivity contribution in [2.75, 3.05) is 19.5 Å². The number of sulfone groups is 1. The van der Waals surface area contributed by atoms with Crippen molar-refractivity contribution in [1.29, 1.82) is 0 Å². The summed E-state index contributed by atoms with van der Waals surface area (Å²) in [5, 5.41) is -0.571. The maximum atomic E-state index is 12.2. The smallest absolute Gasteiger partial charge is 0.183 e. The summed E-state index contributed by atoms with van der Waals surface area (Å²) in [6, 6.07) is 4.90. The molecule has 1 atom stereocenters. The van der Waals surface area contributed by atoms with Crippen molar-refractivity contribution in [2.24, 2.45) is 0 Å². The van der Waals surface area contributed by atoms with E-state index >= 15 is 0 Å². The molecule has 1 aromatic rings. The quantitative estimate of drug-likeness (QED) is 0.811. The first-order valence-corrected chi connectivity index (χ1v) is 6.53. The van der Waals surface area contributed by atoms with Crippen molar-refractivity contribution < 1.29 is 13.2 Å². The van der Waals surface area contributed by atoms with Gasteiger partial charge in [-0.05, 0) is 31.5 Å². The van der Waals surface area contributed by atoms with Crippen LogP contribution in [0.2, 0.25) is 0 Å². The molecule has 0 saturated carbocycles. The Morgan fingerprint density at radius 3 is 2.62 bits per heavy atom. The number of anilines is 1. The Hall–Kier alpha value is -1.07. The number of nitrogens with two attached hydrogens (primary N) is 1. The fourth-order valence-electron chi connectivity index (χ4n) is 1.46. The molecular weight excluding hydrogens is 226 g/mol. The lowest BCUT2D eigenvalue weighted by molar-refractivity contribution is 0.200. The fraction of sp³-hybridized carbons (Fsp3) is 0.455. The number of benzene rings is 1. The number of hydrogen-bond acceptors (Lipinski definition) is 4. The second-order valence-corrected chi connectivity index (χ2v) is 6.17. The number of ether oxygens (including phenoxy) is 1. The summed E-state index contributed by atoms with van der Waals surface area (Å²) in [6.45, 7) is 3.56. The molecule has 90 valence electrons. The monoisotopic (exact) mass is 243 g/mol. The van der Waals surface area contributed by atoms with Crippen molar-refractivity contribution in [1.82, 2.24) is 0 Å². The first-order valence-electron chi connectivity index (χ1n) is 4.98. The van der Waals surface area contributed by atoms with E-state index in [0.29, 0.717) is 11.3 Å². The molecule has 1 unspecified atom stereocenters. The summed E-state index contributed by atoms with van der Waals surface area (Å²) in [7, 11) is -1.87. The van der Waals surface area contributed by atoms with Crippen LogP contribution >= 0.6 is 0 Å². The summed E-state index contributed by atoms with van der Waals surface area (Å²) >= 11 is 0. The van der Waals surface area contributed by atoms with E-state index in [1.54, 1.807) is 26.0 Å². The third kappa shape index (κ3) is 2.54. The molecule has 0 aromatic heterocycles. The summed E-state index contributed by atoms with van der Waals surface area (Å²) in [5.41, 5.74) is 6.76. The lowest BCUT2D eigenvalue weighted by atomic mass is 10.2. The molecule has 0 amide bonds. The Kier molecular flexibility index (Phi) is 3.93. The van der Waals surface area contributed by atoms with E-state index in [-0.39, 0.29) is 11.5 Å². The van der Waals surface area contributed by atoms with Crippen LogP contribution in [0.5, 0.6) is 0 Å². The third-order valence-corrected chi connectivity index (χ3v) is 4.70. The molecule has 0 radical (unpaired) electrons. The van der Waals surface area contributed by atoms with Gasteiger partial charge in [-0.25, -0.2) is 8.42 Å². The highest BCUT2D eigenvalue weighted by atomic mass is 32.2. The zero-order chi connectivity index (χ0) is 12.3. The molecular formula is C11H17NO3S. The van der Waals surface area contributed by atoms with Crippen LogP contribution in [0.4, 0.5) is 5.69 Å². The number of methoxy groups -OCH3 is 1. The van der Waals surface area contributed by atoms with Crippen LogP contribution in [-0.4, -0.2) is 27.4 Å². The molecule has 0 fully saturated rings. The maximum absolute atomic E-state index is 12.2. The molecule has 0 heterocycles. The highest BCUT2D eigenvalue weighted by molar-refractivity contribution is 7.92. The molecule has 0 bridgehead atoms. The van der Waals surface area contributed by atoms with E-state index < -0.39 is 15.1 Å². The molecule has 0 aliphatic carbocycles. The number of rotatable bonds is 4. The molecule has 0 saturated heterocycles. The number of hydrogen-bond donors (Lipinski definition) is 1. The van der Waals surface area contributed by atoms with Crippen molar-refractivity contribution >= 4 is 15.5 Å². The molecule has 2 N–H and O–H groups in total. The minimum absolute atomic E-state index is 0.177. The van der Waals surface area contributed by atoms with Crippen molar-refractivity contribution in [3.63, 3.8) is 0 Å². The van der Waals surface area contributed by atoms with E-state index in [0.717, 1.165) is 0 Å². The maximum Gasteiger partial charge on any atom is 0.183 e. The lowest BCUT2D eigenvalue weighted by Gasteiger charge is -2.14. The van der Waals surface area contributed by atoms with Gasteiger partial charge in [0.2, 0.25) is 0 Å². The lowest BCUT2D eigenvalue weighted by Crippen LogP contribution is -2.23. The molecule has 0 spiro atoms. The average molecular weight is 243 g/mol. The van der Waals surface area contributed by atoms with E-state index in [1.807, 2.05) is 0 Å². The van der Waals surface area contributed by atoms with E-state index in [9.17, 15) is 8.42 Å². The Balaban J connectivity index is 3.21. The van der Waals surface area contributed by atoms with Gasteiger partial charge < -0.3 is 10.5 Å². The molecule has 5 heteroatoms. The Labute approximate surface area is 96.3 Å². The Bertz CT molecular complexity index is 468. The third-order valence-electron chi connectivity index (χ3n) is 2.45. The first kappa shape index (κ1) is 13.0. The summed E-state index contributed by atoms with van der Waals surface area (Å²) in [6.07, 6.45) is 0. The van der Waals surface area contributed by atoms with Crippen LogP contribution in [0.3, 0.4) is 0 Å². The van der Waals surface area contributed by atoms with Crippen LogP contribution in [0.15, 0.2) is 23.1 Å². The van der Waals surface area contributed by atoms with Crippen LogP contribution in [0, 0.1) is 6.92 Å². The van der Waals surface area contributed by atoms with Gasteiger partial charge in [-0.1, -0.05) is 6.07 Å². The molecule has 16 heavy (non-hydrogen) atoms. The van der Waals surface area contributed by atoms with Gasteiger partial charge in [-0.3, -0.25) is 0 Å². The second-order valence-electron chi connectivity index (χ2n) is 3.84. The van der Waals surface area contributed by atoms with Crippen LogP contribution < -0.4 is 5.73 Å². The van der Waals surface area contributed by atoms with E-state index in [2.05, 4.69) is 0 Å². The van der Waals surface area contributed by atoms with Crippen molar-refractivity contribution in [3.05, 3.63) is 23.8 Å². The standard InChI is InChI=1S/C11H17NO3S/c1-8-4-5-10(12)6-11(8)16(13,14)9(2)7-15-3/h4-6,9H,7,12H2,1-3H3. The Morgan fingerprint density at radius 1 is 1.44 bits per heavy atom. The van der Waals surface area contributed by atoms with Gasteiger partial charge in [-0.15, -0.1) is 0 Å². The summed E-state index contributed by atoms with van der Waals surface area (Å²) < 4.78 is 29.2. The van der Waals surface area contributed by atoms with E-state index in [1.165, 1.54) is 13.2 Å². The van der Waals surface area contributed by atoms with Crippen molar-refractivity contribution in [3.8, 4) is 0 Å². The van der Waals surface area contributed by atoms with Gasteiger partial charge in [-0.2, -0.15) is 0 Å². The van der Waals surface area contributed by atoms with Gasteiger partial charge >= 0.3 is 0 Å². The number of aryl methyl sites for hydroxylation is 1. The molecule has 1 rings (SSSR count). The highest BCUT2D eigenvalue weighted by Crippen LogP contribution is 2.22. The van der Waals surface area contributed by atoms with Gasteiger partial charge in [0.05, 0.1) is 16.8 Å². The molecule has 4 nitrogen and oxygen atoms in total. The molecule has 1 aromatic carbocycles. The second kappa shape index (κ2) is 4.84. The average Bonchev–Trinajstić information content (AvgIpc) is 2.22. The molecule has 0 aliphatic heterocycles. The fourth-order valence-corrected chi connectivity index (χ4v) is 3.03. The predicted molar refractivity (Wildman–Crippen MR) is 64.1 cm³/mol. The predicted octanol–water partition coefficient (Wildman–Crippen LogP) is 1.39. The normalized spacial score (nSPS) is 13.7. The largest absolute Gasteiger partial charge is 0.399 e. The van der Waals surface area contributed by atoms with Crippen LogP contribution in [0.25, 0.3) is 0 Å². The summed E-state index contributed by atoms with van der Waals surface area (Å²) in [5.74, 6) is 0. The SMILES string of the molecule is COCC(C)S(=O)(=O)c1cc(N)ccc1C. The van der Waals surface area contributed by atoms with Gasteiger partial charge in [0.25, 0.3) is 0 Å². The minimum Gasteiger partial charge on any atom is -0.399 e. The number of nitrogen functional groups attached to an aromatic ring is 1. The van der Waals surface area contributed by atoms with Crippen LogP contribution in [0.1, 0.15) is 12.5 Å². The first-order chi connectivity index (χ1) is 7.39. The van der Waals surface area contributed by atoms with Gasteiger partial charge in [0, 0.05) is 12.8 Å². The van der Waals surface area contributed by atoms with E-state index in [4.69, 9.17) is 10.5 Å². The van der Waals surface area contributed by atoms with Gasteiger partial charge in [0.1, 0.15) is 0 Å². The van der Waals surface area contributed by atoms with Crippen LogP contribution in [-0.2, 0) is 14.6 Å². The Morgan fingerprint density at radius 2 is 2.06 bits per heavy atom. The zero-order valence-electron chi connectivity index (χ0n) is 9.73. The topological polar surface area (TPSA) is 69.4 Å².